The fraction of sp³-hybridized carbons (Fsp3) is 0.268. The summed E-state index contributed by atoms with van der Waals surface area (Å²) >= 11 is 19.8. The van der Waals surface area contributed by atoms with Crippen molar-refractivity contribution in [2.24, 2.45) is 0 Å². The van der Waals surface area contributed by atoms with E-state index >= 15 is 0 Å². The quantitative estimate of drug-likeness (QED) is 0.0271. The highest BCUT2D eigenvalue weighted by molar-refractivity contribution is 9.11. The lowest BCUT2D eigenvalue weighted by atomic mass is 10.2. The second-order valence-corrected chi connectivity index (χ2v) is 25.0. The van der Waals surface area contributed by atoms with Crippen LogP contribution < -0.4 is 4.57 Å². The number of halogens is 6. The van der Waals surface area contributed by atoms with E-state index in [2.05, 4.69) is 152 Å². The van der Waals surface area contributed by atoms with E-state index in [4.69, 9.17) is 29.2 Å². The average Bonchev–Trinajstić information content (AvgIpc) is 1.63. The molecule has 0 fully saturated rings. The van der Waals surface area contributed by atoms with Crippen LogP contribution in [0.3, 0.4) is 0 Å². The summed E-state index contributed by atoms with van der Waals surface area (Å²) in [5.41, 5.74) is 9.85. The van der Waals surface area contributed by atoms with Crippen LogP contribution in [0, 0.1) is 53.9 Å². The van der Waals surface area contributed by atoms with Crippen LogP contribution in [-0.4, -0.2) is 126 Å². The van der Waals surface area contributed by atoms with Gasteiger partial charge >= 0.3 is 47.8 Å². The van der Waals surface area contributed by atoms with E-state index in [0.29, 0.717) is 46.4 Å². The SMILES string of the molecule is C#CC(=O)OCC.CCOC(=O)CBr.CCOC(=O)C[n+]1cc(Br)ccc1C.CCOC(=O)c1cc2c(Br)ccc(C)n2c1C(=O)OCC.COC(=O)c1ccc(C)n2cccc12.Cc1ccc(Br)c2cc(C(=O)O)c(C(=O)O)n12.Cc1ccc(Br)c2cccn12.Cc1ccc(Br)cn1. The maximum Gasteiger partial charge on any atom is 0.384 e. The lowest BCUT2D eigenvalue weighted by Gasteiger charge is -2.08. The summed E-state index contributed by atoms with van der Waals surface area (Å²) in [7, 11) is 1.39. The molecule has 99 heavy (non-hydrogen) atoms. The Morgan fingerprint density at radius 3 is 1.43 bits per heavy atom. The normalized spacial score (nSPS) is 9.99. The number of esters is 6. The highest BCUT2D eigenvalue weighted by Gasteiger charge is 2.27. The molecule has 10 rings (SSSR count). The molecule has 22 nitrogen and oxygen atoms in total. The summed E-state index contributed by atoms with van der Waals surface area (Å²) in [5.74, 6) is -3.09. The Labute approximate surface area is 623 Å². The van der Waals surface area contributed by atoms with Crippen molar-refractivity contribution in [3.63, 3.8) is 0 Å². The van der Waals surface area contributed by atoms with Gasteiger partial charge < -0.3 is 56.2 Å². The molecule has 0 amide bonds. The molecule has 10 aromatic heterocycles. The van der Waals surface area contributed by atoms with Gasteiger partial charge in [0.25, 0.3) is 0 Å². The number of fused-ring (bicyclic) bond motifs is 4. The zero-order valence-electron chi connectivity index (χ0n) is 56.3. The van der Waals surface area contributed by atoms with Gasteiger partial charge in [-0.15, -0.1) is 6.42 Å². The predicted molar refractivity (Wildman–Crippen MR) is 397 cm³/mol. The van der Waals surface area contributed by atoms with Crippen molar-refractivity contribution < 1.29 is 81.6 Å². The number of terminal acetylenes is 1. The van der Waals surface area contributed by atoms with Crippen LogP contribution in [0.25, 0.3) is 22.1 Å². The lowest BCUT2D eigenvalue weighted by Crippen LogP contribution is -2.41. The van der Waals surface area contributed by atoms with E-state index < -0.39 is 29.8 Å². The molecule has 0 aliphatic rings. The van der Waals surface area contributed by atoms with Gasteiger partial charge in [0.1, 0.15) is 16.7 Å². The standard InChI is InChI=1S/C15H16BrNO4.C11H8BrNO4.C11H11NO2.C10H13BrNO2.C9H8BrN.C6H6BrN.C5H6O2.C4H7BrO2/c1-4-20-14(18)10-8-12-11(16)7-6-9(3)17(12)13(10)15(19)21-5-2;1-5-2-3-7(12)8-4-6(10(14)15)9(11(16)17)13(5)8;1-8-5-6-9(11(13)14-2)10-4-3-7-12(8)10;1-3-14-10(13)7-12-6-9(11)5-4-8(12)2;1-7-4-5-8(10)9-3-2-6-11(7)9;1-5-2-3-6(7)4-8-5;1-3-5(6)7-4-2;1-2-7-4(6)3-5/h6-8H,4-5H2,1-3H3;2-4H,1H3,(H,14,15)(H,16,17);3-7H,1-2H3;4-6H,3,7H2,1-2H3;2-6H,1H3;2-4H,1H3;1H,4H2,2H3;2-3H2,1H3/q;;;+1;;;;. The highest BCUT2D eigenvalue weighted by atomic mass is 79.9. The minimum absolute atomic E-state index is 0.198. The summed E-state index contributed by atoms with van der Waals surface area (Å²) in [6.45, 7) is 22.3. The topological polar surface area (TPSA) is 267 Å². The zero-order valence-corrected chi connectivity index (χ0v) is 65.8. The number of alkyl halides is 1. The number of nitrogens with zero attached hydrogens (tertiary/aromatic N) is 6. The van der Waals surface area contributed by atoms with Crippen LogP contribution in [0.4, 0.5) is 0 Å². The number of carboxylic acids is 2. The minimum atomic E-state index is -1.26. The van der Waals surface area contributed by atoms with E-state index in [1.54, 1.807) is 82.3 Å². The summed E-state index contributed by atoms with van der Waals surface area (Å²) in [6, 6.07) is 33.8. The molecule has 0 radical (unpaired) electrons. The Balaban J connectivity index is 0.000000302. The maximum atomic E-state index is 12.2. The number of aromatic nitrogens is 6. The van der Waals surface area contributed by atoms with E-state index in [1.165, 1.54) is 28.8 Å². The number of hydrogen-bond acceptors (Lipinski definition) is 15. The predicted octanol–water partition coefficient (Wildman–Crippen LogP) is 15.7. The van der Waals surface area contributed by atoms with Crippen molar-refractivity contribution in [1.29, 1.82) is 0 Å². The monoisotopic (exact) mass is 1740 g/mol. The van der Waals surface area contributed by atoms with Crippen molar-refractivity contribution in [1.82, 2.24) is 22.6 Å². The van der Waals surface area contributed by atoms with Gasteiger partial charge in [-0.25, -0.2) is 33.6 Å². The number of ether oxygens (including phenoxy) is 6. The molecule has 10 heterocycles. The van der Waals surface area contributed by atoms with Crippen LogP contribution in [-0.2, 0) is 49.3 Å². The van der Waals surface area contributed by atoms with E-state index in [9.17, 15) is 38.4 Å². The molecule has 10 aromatic rings. The molecular weight excluding hydrogens is 1670 g/mol. The van der Waals surface area contributed by atoms with Crippen molar-refractivity contribution in [2.75, 3.05) is 45.5 Å². The van der Waals surface area contributed by atoms with Gasteiger partial charge in [-0.3, -0.25) is 9.78 Å². The fourth-order valence-corrected chi connectivity index (χ4v) is 10.8. The molecular formula is C71H75Br6N6O16+. The number of aromatic carboxylic acids is 2. The lowest BCUT2D eigenvalue weighted by molar-refractivity contribution is -0.692. The third-order valence-electron chi connectivity index (χ3n) is 13.2. The first kappa shape index (κ1) is 84.8. The van der Waals surface area contributed by atoms with E-state index in [1.807, 2.05) is 110 Å². The van der Waals surface area contributed by atoms with Crippen molar-refractivity contribution in [3.8, 4) is 12.3 Å². The molecule has 28 heteroatoms. The molecule has 526 valence electrons. The number of carbonyl (C=O) groups excluding carboxylic acids is 6. The number of carboxylic acid groups (broad SMARTS) is 2. The second-order valence-electron chi connectivity index (χ2n) is 20.0. The first-order chi connectivity index (χ1) is 47.0. The molecule has 0 aliphatic carbocycles. The Bertz CT molecular complexity index is 4420. The first-order valence-electron chi connectivity index (χ1n) is 30.0. The second kappa shape index (κ2) is 43.2. The van der Waals surface area contributed by atoms with Crippen LogP contribution >= 0.6 is 95.6 Å². The Kier molecular flexibility index (Phi) is 36.9. The van der Waals surface area contributed by atoms with Crippen LogP contribution in [0.5, 0.6) is 0 Å². The third kappa shape index (κ3) is 25.7. The van der Waals surface area contributed by atoms with E-state index in [0.717, 1.165) is 51.7 Å². The average molecular weight is 1750 g/mol. The number of pyridine rings is 6. The summed E-state index contributed by atoms with van der Waals surface area (Å²) in [6.07, 6.45) is 12.3. The molecule has 0 aliphatic heterocycles. The number of carbonyl (C=O) groups is 8. The summed E-state index contributed by atoms with van der Waals surface area (Å²) in [5, 5.41) is 18.4. The van der Waals surface area contributed by atoms with Gasteiger partial charge in [-0.1, -0.05) is 15.9 Å². The minimum Gasteiger partial charge on any atom is -0.478 e. The smallest absolute Gasteiger partial charge is 0.384 e. The van der Waals surface area contributed by atoms with Crippen molar-refractivity contribution >= 4 is 165 Å². The molecule has 0 saturated carbocycles. The zero-order chi connectivity index (χ0) is 74.2. The summed E-state index contributed by atoms with van der Waals surface area (Å²) < 4.78 is 42.1. The molecule has 0 bridgehead atoms. The summed E-state index contributed by atoms with van der Waals surface area (Å²) in [4.78, 5) is 93.3. The van der Waals surface area contributed by atoms with Crippen molar-refractivity contribution in [2.45, 2.75) is 82.7 Å². The van der Waals surface area contributed by atoms with Crippen LogP contribution in [0.2, 0.25) is 0 Å². The molecule has 0 atom stereocenters. The van der Waals surface area contributed by atoms with Crippen LogP contribution in [0.15, 0.2) is 156 Å². The Morgan fingerprint density at radius 1 is 0.505 bits per heavy atom. The van der Waals surface area contributed by atoms with Crippen LogP contribution in [0.1, 0.15) is 121 Å². The molecule has 0 spiro atoms. The van der Waals surface area contributed by atoms with Gasteiger partial charge in [-0.2, -0.15) is 4.57 Å². The number of methoxy groups -OCH3 is 1. The number of aryl methyl sites for hydroxylation is 6. The molecule has 0 aromatic carbocycles. The molecule has 0 unspecified atom stereocenters. The first-order valence-corrected chi connectivity index (χ1v) is 35.1. The fourth-order valence-electron chi connectivity index (χ4n) is 8.68. The molecule has 2 N–H and O–H groups in total. The number of rotatable bonds is 13. The Hall–Kier alpha value is -8.46. The van der Waals surface area contributed by atoms with Gasteiger partial charge in [0.05, 0.1) is 83.4 Å². The third-order valence-corrected chi connectivity index (χ3v) is 16.6. The van der Waals surface area contributed by atoms with Crippen molar-refractivity contribution in [3.05, 3.63) is 219 Å². The van der Waals surface area contributed by atoms with Gasteiger partial charge in [-0.05, 0) is 252 Å². The van der Waals surface area contributed by atoms with Gasteiger partial charge in [0.2, 0.25) is 6.54 Å². The number of hydrogen-bond donors (Lipinski definition) is 2. The highest BCUT2D eigenvalue weighted by Crippen LogP contribution is 2.29. The molecule has 0 saturated heterocycles. The Morgan fingerprint density at radius 2 is 0.980 bits per heavy atom. The van der Waals surface area contributed by atoms with E-state index in [-0.39, 0.29) is 60.2 Å². The van der Waals surface area contributed by atoms with Gasteiger partial charge in [0, 0.05) is 83.9 Å². The maximum absolute atomic E-state index is 12.2. The van der Waals surface area contributed by atoms with Gasteiger partial charge in [0.15, 0.2) is 11.9 Å². The largest absolute Gasteiger partial charge is 0.478 e.